The summed E-state index contributed by atoms with van der Waals surface area (Å²) in [5, 5.41) is 9.31. The highest BCUT2D eigenvalue weighted by molar-refractivity contribution is 8.04. The minimum atomic E-state index is -0.941. The van der Waals surface area contributed by atoms with Crippen molar-refractivity contribution in [1.29, 1.82) is 0 Å². The van der Waals surface area contributed by atoms with E-state index in [4.69, 9.17) is 0 Å². The molecular weight excluding hydrogens is 294 g/mol. The van der Waals surface area contributed by atoms with Gasteiger partial charge in [0.25, 0.3) is 0 Å². The average Bonchev–Trinajstić information content (AvgIpc) is 2.73. The molecule has 0 aliphatic carbocycles. The van der Waals surface area contributed by atoms with E-state index >= 15 is 0 Å². The number of nitrogens with zero attached hydrogens (tertiary/aromatic N) is 1. The first-order valence-electron chi connectivity index (χ1n) is 6.25. The van der Waals surface area contributed by atoms with E-state index in [1.165, 1.54) is 16.7 Å². The molecule has 2 atom stereocenters. The lowest BCUT2D eigenvalue weighted by atomic mass is 10.1. The van der Waals surface area contributed by atoms with Crippen molar-refractivity contribution in [2.75, 3.05) is 5.75 Å². The maximum absolute atomic E-state index is 11.5. The molecule has 4 nitrogen and oxygen atoms in total. The lowest BCUT2D eigenvalue weighted by Gasteiger charge is -2.35. The molecule has 0 spiro atoms. The molecule has 1 unspecified atom stereocenters. The van der Waals surface area contributed by atoms with Crippen LogP contribution in [0.15, 0.2) is 46.2 Å². The Labute approximate surface area is 125 Å². The predicted molar refractivity (Wildman–Crippen MR) is 79.5 cm³/mol. The fourth-order valence-corrected chi connectivity index (χ4v) is 4.63. The molecule has 2 fully saturated rings. The molecule has 2 aliphatic rings. The van der Waals surface area contributed by atoms with Crippen LogP contribution in [0.1, 0.15) is 6.42 Å². The monoisotopic (exact) mass is 307 g/mol. The summed E-state index contributed by atoms with van der Waals surface area (Å²) in [7, 11) is 0. The zero-order valence-corrected chi connectivity index (χ0v) is 12.2. The van der Waals surface area contributed by atoms with E-state index in [-0.39, 0.29) is 11.3 Å². The number of amides is 1. The third-order valence-electron chi connectivity index (χ3n) is 3.28. The summed E-state index contributed by atoms with van der Waals surface area (Å²) in [6, 6.07) is 9.19. The van der Waals surface area contributed by atoms with Crippen molar-refractivity contribution >= 4 is 35.4 Å². The summed E-state index contributed by atoms with van der Waals surface area (Å²) in [5.41, 5.74) is 0. The van der Waals surface area contributed by atoms with E-state index in [0.29, 0.717) is 12.2 Å². The number of carbonyl (C=O) groups is 2. The maximum Gasteiger partial charge on any atom is 0.331 e. The molecular formula is C14H13NO3S2. The fraction of sp³-hybridized carbons (Fsp3) is 0.286. The molecule has 2 aliphatic heterocycles. The third-order valence-corrected chi connectivity index (χ3v) is 5.55. The standard InChI is InChI=1S/C14H13NO3S2/c16-11-8-12-15(11)13(14(17)18)10(20-12)6-7-19-9-4-2-1-3-5-9/h1-6,12-13H,7-8H2,(H,17,18)/b10-6-/t12-,13?/m1/s1. The van der Waals surface area contributed by atoms with Gasteiger partial charge in [-0.05, 0) is 12.1 Å². The van der Waals surface area contributed by atoms with Gasteiger partial charge in [-0.3, -0.25) is 4.79 Å². The van der Waals surface area contributed by atoms with Crippen molar-refractivity contribution < 1.29 is 14.7 Å². The van der Waals surface area contributed by atoms with Crippen LogP contribution < -0.4 is 0 Å². The van der Waals surface area contributed by atoms with Crippen LogP contribution in [0, 0.1) is 0 Å². The van der Waals surface area contributed by atoms with E-state index in [9.17, 15) is 14.7 Å². The summed E-state index contributed by atoms with van der Waals surface area (Å²) in [6.07, 6.45) is 2.39. The number of carbonyl (C=O) groups excluding carboxylic acids is 1. The van der Waals surface area contributed by atoms with Crippen LogP contribution in [0.3, 0.4) is 0 Å². The largest absolute Gasteiger partial charge is 0.479 e. The minimum Gasteiger partial charge on any atom is -0.479 e. The SMILES string of the molecule is O=C(O)C1/C(=C/CSc2ccccc2)S[C@@H]2CC(=O)N12. The highest BCUT2D eigenvalue weighted by Gasteiger charge is 2.52. The van der Waals surface area contributed by atoms with Crippen molar-refractivity contribution in [1.82, 2.24) is 4.90 Å². The van der Waals surface area contributed by atoms with Gasteiger partial charge in [-0.1, -0.05) is 24.3 Å². The van der Waals surface area contributed by atoms with Crippen molar-refractivity contribution in [3.05, 3.63) is 41.3 Å². The van der Waals surface area contributed by atoms with Gasteiger partial charge in [-0.2, -0.15) is 0 Å². The molecule has 6 heteroatoms. The van der Waals surface area contributed by atoms with Crippen molar-refractivity contribution in [2.24, 2.45) is 0 Å². The Morgan fingerprint density at radius 2 is 2.20 bits per heavy atom. The Morgan fingerprint density at radius 1 is 1.45 bits per heavy atom. The highest BCUT2D eigenvalue weighted by Crippen LogP contribution is 2.46. The molecule has 1 amide bonds. The number of aliphatic carboxylic acids is 1. The average molecular weight is 307 g/mol. The number of thioether (sulfide) groups is 2. The number of fused-ring (bicyclic) bond motifs is 1. The van der Waals surface area contributed by atoms with Crippen molar-refractivity contribution in [3.8, 4) is 0 Å². The molecule has 0 radical (unpaired) electrons. The Hall–Kier alpha value is -1.40. The first-order chi connectivity index (χ1) is 9.66. The summed E-state index contributed by atoms with van der Waals surface area (Å²) >= 11 is 3.17. The van der Waals surface area contributed by atoms with Crippen LogP contribution in [-0.4, -0.2) is 39.1 Å². The number of rotatable bonds is 4. The van der Waals surface area contributed by atoms with Crippen LogP contribution in [0.25, 0.3) is 0 Å². The van der Waals surface area contributed by atoms with Gasteiger partial charge in [-0.25, -0.2) is 4.79 Å². The number of β-lactam (4-membered cyclic amide) rings is 1. The minimum absolute atomic E-state index is 0.0246. The summed E-state index contributed by atoms with van der Waals surface area (Å²) in [6.45, 7) is 0. The van der Waals surface area contributed by atoms with E-state index in [1.807, 2.05) is 36.4 Å². The molecule has 0 bridgehead atoms. The molecule has 1 aromatic rings. The Kier molecular flexibility index (Phi) is 3.76. The van der Waals surface area contributed by atoms with Crippen LogP contribution in [0.4, 0.5) is 0 Å². The van der Waals surface area contributed by atoms with Gasteiger partial charge in [0.2, 0.25) is 5.91 Å². The van der Waals surface area contributed by atoms with Crippen molar-refractivity contribution in [2.45, 2.75) is 22.7 Å². The second kappa shape index (κ2) is 5.54. The van der Waals surface area contributed by atoms with Gasteiger partial charge < -0.3 is 10.0 Å². The molecule has 3 rings (SSSR count). The fourth-order valence-electron chi connectivity index (χ4n) is 2.31. The van der Waals surface area contributed by atoms with Gasteiger partial charge in [0.1, 0.15) is 0 Å². The van der Waals surface area contributed by atoms with E-state index in [0.717, 1.165) is 9.80 Å². The third kappa shape index (κ3) is 2.45. The Morgan fingerprint density at radius 3 is 2.85 bits per heavy atom. The second-order valence-corrected chi connectivity index (χ2v) is 6.89. The van der Waals surface area contributed by atoms with E-state index in [1.54, 1.807) is 11.8 Å². The number of hydrogen-bond acceptors (Lipinski definition) is 4. The van der Waals surface area contributed by atoms with Gasteiger partial charge in [0, 0.05) is 15.6 Å². The first-order valence-corrected chi connectivity index (χ1v) is 8.12. The lowest BCUT2D eigenvalue weighted by molar-refractivity contribution is -0.154. The molecule has 1 aromatic carbocycles. The quantitative estimate of drug-likeness (QED) is 0.684. The molecule has 1 N–H and O–H groups in total. The summed E-state index contributed by atoms with van der Waals surface area (Å²) < 4.78 is 0. The molecule has 104 valence electrons. The molecule has 20 heavy (non-hydrogen) atoms. The van der Waals surface area contributed by atoms with Crippen LogP contribution in [-0.2, 0) is 9.59 Å². The van der Waals surface area contributed by atoms with Gasteiger partial charge >= 0.3 is 5.97 Å². The summed E-state index contributed by atoms with van der Waals surface area (Å²) in [5.74, 6) is -0.289. The lowest BCUT2D eigenvalue weighted by Crippen LogP contribution is -2.53. The Bertz CT molecular complexity index is 573. The van der Waals surface area contributed by atoms with Crippen molar-refractivity contribution in [3.63, 3.8) is 0 Å². The van der Waals surface area contributed by atoms with Gasteiger partial charge in [0.05, 0.1) is 11.8 Å². The second-order valence-electron chi connectivity index (χ2n) is 4.55. The predicted octanol–water partition coefficient (Wildman–Crippen LogP) is 2.42. The zero-order valence-electron chi connectivity index (χ0n) is 10.6. The van der Waals surface area contributed by atoms with Gasteiger partial charge in [0.15, 0.2) is 6.04 Å². The molecule has 0 saturated carbocycles. The van der Waals surface area contributed by atoms with Crippen LogP contribution in [0.5, 0.6) is 0 Å². The van der Waals surface area contributed by atoms with Crippen LogP contribution >= 0.6 is 23.5 Å². The molecule has 2 heterocycles. The number of carboxylic acid groups (broad SMARTS) is 1. The first kappa shape index (κ1) is 13.6. The topological polar surface area (TPSA) is 57.6 Å². The maximum atomic E-state index is 11.5. The number of carboxylic acids is 1. The summed E-state index contributed by atoms with van der Waals surface area (Å²) in [4.78, 5) is 26.2. The normalized spacial score (nSPS) is 26.5. The van der Waals surface area contributed by atoms with Gasteiger partial charge in [-0.15, -0.1) is 23.5 Å². The smallest absolute Gasteiger partial charge is 0.331 e. The number of hydrogen-bond donors (Lipinski definition) is 1. The van der Waals surface area contributed by atoms with Crippen LogP contribution in [0.2, 0.25) is 0 Å². The molecule has 2 saturated heterocycles. The zero-order chi connectivity index (χ0) is 14.1. The van der Waals surface area contributed by atoms with E-state index < -0.39 is 12.0 Å². The number of benzene rings is 1. The molecule has 0 aromatic heterocycles. The highest BCUT2D eigenvalue weighted by atomic mass is 32.2. The Balaban J connectivity index is 1.68. The van der Waals surface area contributed by atoms with E-state index in [2.05, 4.69) is 0 Å².